The van der Waals surface area contributed by atoms with E-state index in [1.54, 1.807) is 0 Å². The van der Waals surface area contributed by atoms with Gasteiger partial charge in [0, 0.05) is 36.0 Å². The van der Waals surface area contributed by atoms with Crippen LogP contribution in [0.3, 0.4) is 0 Å². The molecule has 4 N–H and O–H groups in total. The molecule has 3 aliphatic rings. The first kappa shape index (κ1) is 17.5. The second-order valence-electron chi connectivity index (χ2n) is 7.72. The minimum atomic E-state index is -0.650. The van der Waals surface area contributed by atoms with Crippen molar-refractivity contribution in [1.29, 1.82) is 0 Å². The summed E-state index contributed by atoms with van der Waals surface area (Å²) < 4.78 is 0. The molecule has 2 aliphatic heterocycles. The number of hydrogen-bond acceptors (Lipinski definition) is 5. The Labute approximate surface area is 157 Å². The van der Waals surface area contributed by atoms with Crippen LogP contribution < -0.4 is 26.7 Å². The van der Waals surface area contributed by atoms with Gasteiger partial charge in [-0.15, -0.1) is 11.6 Å². The number of hydrogen-bond donors (Lipinski definition) is 4. The van der Waals surface area contributed by atoms with Crippen LogP contribution in [0.5, 0.6) is 0 Å². The highest BCUT2D eigenvalue weighted by Gasteiger charge is 2.35. The van der Waals surface area contributed by atoms with Crippen molar-refractivity contribution < 1.29 is 4.79 Å². The third-order valence-electron chi connectivity index (χ3n) is 4.94. The molecule has 1 aromatic heterocycles. The zero-order valence-corrected chi connectivity index (χ0v) is 15.9. The molecule has 140 valence electrons. The largest absolute Gasteiger partial charge is 0.354 e. The summed E-state index contributed by atoms with van der Waals surface area (Å²) in [5.74, 6) is 0.851. The molecule has 0 aromatic carbocycles. The molecule has 0 radical (unpaired) electrons. The third kappa shape index (κ3) is 3.64. The van der Waals surface area contributed by atoms with E-state index in [0.717, 1.165) is 41.4 Å². The molecule has 8 heteroatoms. The molecule has 1 fully saturated rings. The first-order chi connectivity index (χ1) is 12.4. The number of rotatable bonds is 5. The molecule has 1 aliphatic carbocycles. The number of carbonyl (C=O) groups excluding carboxylic acids is 1. The lowest BCUT2D eigenvalue weighted by molar-refractivity contribution is -0.127. The smallest absolute Gasteiger partial charge is 0.240 e. The molecule has 0 bridgehead atoms. The lowest BCUT2D eigenvalue weighted by Crippen LogP contribution is -2.61. The molecular formula is C18H25ClN6O. The van der Waals surface area contributed by atoms with Crippen molar-refractivity contribution in [3.05, 3.63) is 22.5 Å². The first-order valence-corrected chi connectivity index (χ1v) is 9.64. The van der Waals surface area contributed by atoms with E-state index in [2.05, 4.69) is 30.9 Å². The molecule has 3 heterocycles. The van der Waals surface area contributed by atoms with Crippen LogP contribution in [0.2, 0.25) is 0 Å². The fourth-order valence-corrected chi connectivity index (χ4v) is 3.48. The lowest BCUT2D eigenvalue weighted by Gasteiger charge is -2.33. The number of aromatic nitrogens is 1. The number of amides is 1. The number of carbonyl (C=O) groups is 1. The van der Waals surface area contributed by atoms with Crippen molar-refractivity contribution in [3.63, 3.8) is 0 Å². The van der Waals surface area contributed by atoms with Gasteiger partial charge in [0.2, 0.25) is 5.91 Å². The van der Waals surface area contributed by atoms with Crippen LogP contribution in [-0.2, 0) is 4.79 Å². The number of nitrogens with zero attached hydrogens (tertiary/aromatic N) is 2. The Morgan fingerprint density at radius 2 is 2.12 bits per heavy atom. The fourth-order valence-electron chi connectivity index (χ4n) is 3.29. The molecule has 0 saturated heterocycles. The van der Waals surface area contributed by atoms with E-state index in [4.69, 9.17) is 11.6 Å². The molecule has 2 atom stereocenters. The van der Waals surface area contributed by atoms with Crippen LogP contribution in [0.1, 0.15) is 38.7 Å². The van der Waals surface area contributed by atoms with Crippen molar-refractivity contribution in [1.82, 2.24) is 20.9 Å². The number of aliphatic imine (C=N–C) groups is 1. The van der Waals surface area contributed by atoms with Gasteiger partial charge in [0.25, 0.3) is 0 Å². The van der Waals surface area contributed by atoms with Crippen molar-refractivity contribution in [2.24, 2.45) is 9.98 Å². The summed E-state index contributed by atoms with van der Waals surface area (Å²) in [6, 6.07) is 0.356. The van der Waals surface area contributed by atoms with E-state index in [-0.39, 0.29) is 17.5 Å². The van der Waals surface area contributed by atoms with E-state index in [9.17, 15) is 4.79 Å². The maximum atomic E-state index is 12.5. The molecule has 1 saturated carbocycles. The molecule has 4 rings (SSSR count). The Kier molecular flexibility index (Phi) is 4.52. The summed E-state index contributed by atoms with van der Waals surface area (Å²) in [4.78, 5) is 24.7. The zero-order valence-electron chi connectivity index (χ0n) is 15.1. The van der Waals surface area contributed by atoms with Gasteiger partial charge in [-0.1, -0.05) is 6.08 Å². The first-order valence-electron chi connectivity index (χ1n) is 9.20. The van der Waals surface area contributed by atoms with Gasteiger partial charge in [-0.2, -0.15) is 0 Å². The van der Waals surface area contributed by atoms with Crippen LogP contribution in [-0.4, -0.2) is 52.9 Å². The van der Waals surface area contributed by atoms with E-state index in [1.165, 1.54) is 0 Å². The molecule has 7 nitrogen and oxygen atoms in total. The molecule has 1 aromatic rings. The van der Waals surface area contributed by atoms with E-state index in [0.29, 0.717) is 19.1 Å². The highest BCUT2D eigenvalue weighted by molar-refractivity contribution is 6.24. The van der Waals surface area contributed by atoms with Crippen LogP contribution in [0.25, 0.3) is 6.08 Å². The van der Waals surface area contributed by atoms with Gasteiger partial charge < -0.3 is 15.6 Å². The lowest BCUT2D eigenvalue weighted by atomic mass is 10.0. The Bertz CT molecular complexity index is 854. The van der Waals surface area contributed by atoms with Gasteiger partial charge in [0.1, 0.15) is 11.3 Å². The summed E-state index contributed by atoms with van der Waals surface area (Å²) >= 11 is 6.23. The van der Waals surface area contributed by atoms with Gasteiger partial charge in [0.15, 0.2) is 0 Å². The Morgan fingerprint density at radius 1 is 1.31 bits per heavy atom. The zero-order chi connectivity index (χ0) is 18.3. The standard InChI is InChI=1S/C18H25ClN6O/c1-18(2,17(26)23-11-3-4-11)25-14-5-6-20-16(24-14)13-9-22-15-12(13)7-10(19)8-21-15/h7,9-11,14,25H,3-6,8H2,1-2H3,(H,20,24)(H,21,22)(H,23,26). The van der Waals surface area contributed by atoms with Crippen molar-refractivity contribution >= 4 is 29.4 Å². The van der Waals surface area contributed by atoms with Crippen molar-refractivity contribution in [2.45, 2.75) is 56.2 Å². The number of H-pyrrole nitrogens is 1. The van der Waals surface area contributed by atoms with E-state index < -0.39 is 5.54 Å². The average molecular weight is 377 g/mol. The molecule has 0 spiro atoms. The Hall–Kier alpha value is -1.86. The molecule has 1 amide bonds. The molecular weight excluding hydrogens is 352 g/mol. The van der Waals surface area contributed by atoms with Gasteiger partial charge in [-0.3, -0.25) is 20.1 Å². The molecule has 26 heavy (non-hydrogen) atoms. The second-order valence-corrected chi connectivity index (χ2v) is 8.28. The number of alkyl halides is 1. The predicted octanol–water partition coefficient (Wildman–Crippen LogP) is -0.251. The van der Waals surface area contributed by atoms with Gasteiger partial charge >= 0.3 is 0 Å². The maximum absolute atomic E-state index is 12.5. The number of aromatic amines is 1. The Morgan fingerprint density at radius 3 is 2.88 bits per heavy atom. The minimum absolute atomic E-state index is 0.0275. The number of nitrogens with one attached hydrogen (secondary N) is 4. The van der Waals surface area contributed by atoms with Crippen LogP contribution in [0, 0.1) is 0 Å². The van der Waals surface area contributed by atoms with Crippen molar-refractivity contribution in [3.8, 4) is 0 Å². The summed E-state index contributed by atoms with van der Waals surface area (Å²) in [6.07, 6.45) is 6.90. The topological polar surface area (TPSA) is 93.7 Å². The molecule has 2 unspecified atom stereocenters. The normalized spacial score (nSPS) is 25.3. The van der Waals surface area contributed by atoms with Crippen molar-refractivity contribution in [2.75, 3.05) is 13.1 Å². The van der Waals surface area contributed by atoms with Crippen LogP contribution >= 0.6 is 11.6 Å². The number of fused-ring (bicyclic) bond motifs is 1. The quantitative estimate of drug-likeness (QED) is 0.534. The second kappa shape index (κ2) is 6.70. The van der Waals surface area contributed by atoms with Gasteiger partial charge in [-0.05, 0) is 26.7 Å². The van der Waals surface area contributed by atoms with E-state index >= 15 is 0 Å². The maximum Gasteiger partial charge on any atom is 0.240 e. The monoisotopic (exact) mass is 376 g/mol. The van der Waals surface area contributed by atoms with Gasteiger partial charge in [0.05, 0.1) is 23.6 Å². The highest BCUT2D eigenvalue weighted by Crippen LogP contribution is 2.20. The van der Waals surface area contributed by atoms with Gasteiger partial charge in [-0.25, -0.2) is 0 Å². The van der Waals surface area contributed by atoms with Crippen LogP contribution in [0.15, 0.2) is 16.2 Å². The fraction of sp³-hybridized carbons (Fsp3) is 0.611. The summed E-state index contributed by atoms with van der Waals surface area (Å²) in [5.41, 5.74) is 1.17. The highest BCUT2D eigenvalue weighted by atomic mass is 35.5. The SMILES string of the molecule is CC(C)(NC1CCN=C(c2c[nH]c3c2=CC(Cl)CN=3)N1)C(=O)NC1CC1. The predicted molar refractivity (Wildman–Crippen MR) is 102 cm³/mol. The van der Waals surface area contributed by atoms with E-state index in [1.807, 2.05) is 26.1 Å². The average Bonchev–Trinajstić information content (AvgIpc) is 3.31. The summed E-state index contributed by atoms with van der Waals surface area (Å²) in [7, 11) is 0. The summed E-state index contributed by atoms with van der Waals surface area (Å²) in [5, 5.41) is 10.8. The minimum Gasteiger partial charge on any atom is -0.354 e. The number of halogens is 1. The Balaban J connectivity index is 1.48. The third-order valence-corrected chi connectivity index (χ3v) is 5.20. The van der Waals surface area contributed by atoms with Crippen LogP contribution in [0.4, 0.5) is 0 Å². The summed E-state index contributed by atoms with van der Waals surface area (Å²) in [6.45, 7) is 5.12. The number of amidine groups is 1.